The normalized spacial score (nSPS) is 15.3. The molecule has 1 N–H and O–H groups in total. The molecule has 4 aromatic heterocycles. The summed E-state index contributed by atoms with van der Waals surface area (Å²) in [5, 5.41) is 10.9. The molecule has 0 radical (unpaired) electrons. The molecule has 0 saturated heterocycles. The Balaban J connectivity index is 0.000000220. The van der Waals surface area contributed by atoms with Crippen molar-refractivity contribution in [3.05, 3.63) is 140 Å². The van der Waals surface area contributed by atoms with Crippen LogP contribution < -0.4 is 11.1 Å². The number of pyridine rings is 2. The number of halogens is 1. The van der Waals surface area contributed by atoms with Gasteiger partial charge < -0.3 is 9.84 Å². The number of aliphatic hydroxyl groups is 1. The SMILES string of the molecule is C.C.COC1CCc2nc3cc(C#Cc4ccccn4)ccc3c(=O)n2C1.Cl.O=c1c2ccc(C#Cc3ccccn3)cc2nc2n1CC(O)CC2. The lowest BCUT2D eigenvalue weighted by Crippen LogP contribution is -2.35. The van der Waals surface area contributed by atoms with Crippen molar-refractivity contribution in [1.29, 1.82) is 0 Å². The Bertz CT molecular complexity index is 2430. The summed E-state index contributed by atoms with van der Waals surface area (Å²) in [5.41, 5.74) is 4.26. The predicted molar refractivity (Wildman–Crippen MR) is 207 cm³/mol. The average molecular weight is 717 g/mol. The molecule has 11 heteroatoms. The van der Waals surface area contributed by atoms with Gasteiger partial charge in [0, 0.05) is 43.5 Å². The highest BCUT2D eigenvalue weighted by Crippen LogP contribution is 2.19. The van der Waals surface area contributed by atoms with Crippen LogP contribution in [0.5, 0.6) is 0 Å². The largest absolute Gasteiger partial charge is 0.391 e. The van der Waals surface area contributed by atoms with Crippen LogP contribution >= 0.6 is 12.4 Å². The number of aryl methyl sites for hydroxylation is 2. The van der Waals surface area contributed by atoms with Gasteiger partial charge in [-0.05, 0) is 85.3 Å². The second-order valence-electron chi connectivity index (χ2n) is 11.9. The number of aromatic nitrogens is 6. The fourth-order valence-electron chi connectivity index (χ4n) is 5.97. The van der Waals surface area contributed by atoms with Crippen LogP contribution in [-0.2, 0) is 30.7 Å². The number of methoxy groups -OCH3 is 1. The van der Waals surface area contributed by atoms with Crippen LogP contribution in [-0.4, -0.2) is 53.5 Å². The van der Waals surface area contributed by atoms with E-state index in [0.717, 1.165) is 35.6 Å². The van der Waals surface area contributed by atoms with Crippen LogP contribution in [0, 0.1) is 23.7 Å². The number of fused-ring (bicyclic) bond motifs is 4. The van der Waals surface area contributed by atoms with Crippen molar-refractivity contribution >= 4 is 34.2 Å². The highest BCUT2D eigenvalue weighted by molar-refractivity contribution is 5.85. The smallest absolute Gasteiger partial charge is 0.261 e. The fourth-order valence-corrected chi connectivity index (χ4v) is 5.97. The molecular weight excluding hydrogens is 676 g/mol. The van der Waals surface area contributed by atoms with Gasteiger partial charge in [-0.15, -0.1) is 12.4 Å². The molecule has 0 bridgehead atoms. The van der Waals surface area contributed by atoms with Crippen molar-refractivity contribution in [1.82, 2.24) is 29.1 Å². The third-order valence-electron chi connectivity index (χ3n) is 8.57. The fraction of sp³-hybridized carbons (Fsp3) is 0.268. The topological polar surface area (TPSA) is 125 Å². The van der Waals surface area contributed by atoms with Gasteiger partial charge in [-0.2, -0.15) is 0 Å². The second kappa shape index (κ2) is 17.5. The maximum Gasteiger partial charge on any atom is 0.261 e. The molecule has 2 atom stereocenters. The summed E-state index contributed by atoms with van der Waals surface area (Å²) >= 11 is 0. The van der Waals surface area contributed by atoms with Crippen molar-refractivity contribution < 1.29 is 9.84 Å². The van der Waals surface area contributed by atoms with Gasteiger partial charge in [0.1, 0.15) is 23.0 Å². The first kappa shape index (κ1) is 39.1. The molecule has 0 spiro atoms. The Kier molecular flexibility index (Phi) is 13.2. The summed E-state index contributed by atoms with van der Waals surface area (Å²) in [6, 6.07) is 22.1. The Morgan fingerprint density at radius 3 is 1.67 bits per heavy atom. The van der Waals surface area contributed by atoms with Gasteiger partial charge in [0.05, 0.1) is 47.1 Å². The third kappa shape index (κ3) is 8.62. The standard InChI is InChI=1S/C20H17N3O2.C19H15N3O2.2CH4.ClH/c1-25-16-8-10-19-22-18-12-14(5-7-15-4-2-3-11-21-15)6-9-17(18)20(24)23(19)13-16;23-15-7-9-18-21-17-11-13(4-6-14-3-1-2-10-20-14)5-8-16(17)19(24)22(18)12-15;;;/h2-4,6,9,11-12,16H,8,10,13H2,1H3;1-3,5,8,10-11,15,23H,7,9,12H2;2*1H4;1H. The minimum Gasteiger partial charge on any atom is -0.391 e. The van der Waals surface area contributed by atoms with Crippen molar-refractivity contribution in [2.24, 2.45) is 0 Å². The van der Waals surface area contributed by atoms with Crippen LogP contribution in [0.3, 0.4) is 0 Å². The number of aliphatic hydroxyl groups excluding tert-OH is 1. The molecule has 0 amide bonds. The molecular formula is C41H41ClN6O4. The van der Waals surface area contributed by atoms with Gasteiger partial charge in [-0.1, -0.05) is 38.8 Å². The van der Waals surface area contributed by atoms with Gasteiger partial charge in [0.25, 0.3) is 11.1 Å². The van der Waals surface area contributed by atoms with Crippen LogP contribution in [0.25, 0.3) is 21.8 Å². The molecule has 2 aliphatic heterocycles. The molecule has 8 rings (SSSR count). The number of ether oxygens (including phenoxy) is 1. The predicted octanol–water partition coefficient (Wildman–Crippen LogP) is 5.34. The Hall–Kier alpha value is -5.65. The summed E-state index contributed by atoms with van der Waals surface area (Å²) in [5.74, 6) is 13.7. The van der Waals surface area contributed by atoms with E-state index in [0.29, 0.717) is 59.1 Å². The molecule has 2 aliphatic rings. The van der Waals surface area contributed by atoms with Gasteiger partial charge >= 0.3 is 0 Å². The monoisotopic (exact) mass is 716 g/mol. The summed E-state index contributed by atoms with van der Waals surface area (Å²) in [7, 11) is 1.68. The lowest BCUT2D eigenvalue weighted by Gasteiger charge is -2.24. The first-order valence-corrected chi connectivity index (χ1v) is 16.1. The molecule has 6 heterocycles. The van der Waals surface area contributed by atoms with E-state index in [-0.39, 0.29) is 44.5 Å². The van der Waals surface area contributed by atoms with E-state index >= 15 is 0 Å². The minimum atomic E-state index is -0.474. The third-order valence-corrected chi connectivity index (χ3v) is 8.57. The number of hydrogen-bond acceptors (Lipinski definition) is 8. The average Bonchev–Trinajstić information content (AvgIpc) is 3.14. The van der Waals surface area contributed by atoms with E-state index in [2.05, 4.69) is 43.6 Å². The van der Waals surface area contributed by atoms with Gasteiger partial charge in [-0.3, -0.25) is 18.7 Å². The second-order valence-corrected chi connectivity index (χ2v) is 11.9. The van der Waals surface area contributed by atoms with Gasteiger partial charge in [0.15, 0.2) is 0 Å². The van der Waals surface area contributed by atoms with Crippen molar-refractivity contribution in [2.45, 2.75) is 65.8 Å². The van der Waals surface area contributed by atoms with E-state index in [4.69, 9.17) is 4.74 Å². The van der Waals surface area contributed by atoms with E-state index in [9.17, 15) is 14.7 Å². The van der Waals surface area contributed by atoms with Crippen molar-refractivity contribution in [2.75, 3.05) is 7.11 Å². The quantitative estimate of drug-likeness (QED) is 0.226. The molecule has 52 heavy (non-hydrogen) atoms. The molecule has 2 aromatic carbocycles. The molecule has 2 unspecified atom stereocenters. The van der Waals surface area contributed by atoms with E-state index in [1.54, 1.807) is 40.8 Å². The number of hydrogen-bond donors (Lipinski definition) is 1. The molecule has 0 aliphatic carbocycles. The van der Waals surface area contributed by atoms with E-state index in [1.807, 2.05) is 60.7 Å². The summed E-state index contributed by atoms with van der Waals surface area (Å²) in [6.07, 6.45) is 5.89. The van der Waals surface area contributed by atoms with Gasteiger partial charge in [0.2, 0.25) is 0 Å². The van der Waals surface area contributed by atoms with Crippen molar-refractivity contribution in [3.63, 3.8) is 0 Å². The Morgan fingerprint density at radius 2 is 1.19 bits per heavy atom. The maximum absolute atomic E-state index is 12.7. The first-order chi connectivity index (χ1) is 23.9. The number of nitrogens with zero attached hydrogens (tertiary/aromatic N) is 6. The lowest BCUT2D eigenvalue weighted by molar-refractivity contribution is 0.0689. The zero-order valence-electron chi connectivity index (χ0n) is 27.2. The summed E-state index contributed by atoms with van der Waals surface area (Å²) in [4.78, 5) is 43.0. The number of benzene rings is 2. The van der Waals surface area contributed by atoms with Crippen LogP contribution in [0.15, 0.2) is 94.8 Å². The Morgan fingerprint density at radius 1 is 0.692 bits per heavy atom. The zero-order valence-corrected chi connectivity index (χ0v) is 28.1. The lowest BCUT2D eigenvalue weighted by atomic mass is 10.1. The van der Waals surface area contributed by atoms with Crippen LogP contribution in [0.2, 0.25) is 0 Å². The molecule has 6 aromatic rings. The molecule has 10 nitrogen and oxygen atoms in total. The highest BCUT2D eigenvalue weighted by atomic mass is 35.5. The first-order valence-electron chi connectivity index (χ1n) is 16.1. The van der Waals surface area contributed by atoms with E-state index in [1.165, 1.54) is 0 Å². The molecule has 0 saturated carbocycles. The molecule has 0 fully saturated rings. The Labute approximate surface area is 309 Å². The van der Waals surface area contributed by atoms with Crippen LogP contribution in [0.1, 0.15) is 61.9 Å². The minimum absolute atomic E-state index is 0. The maximum atomic E-state index is 12.7. The summed E-state index contributed by atoms with van der Waals surface area (Å²) < 4.78 is 8.71. The highest BCUT2D eigenvalue weighted by Gasteiger charge is 2.22. The number of rotatable bonds is 1. The van der Waals surface area contributed by atoms with Crippen LogP contribution in [0.4, 0.5) is 0 Å². The van der Waals surface area contributed by atoms with Crippen molar-refractivity contribution in [3.8, 4) is 23.7 Å². The molecule has 266 valence electrons. The summed E-state index contributed by atoms with van der Waals surface area (Å²) in [6.45, 7) is 0.882. The zero-order chi connectivity index (χ0) is 33.7. The van der Waals surface area contributed by atoms with E-state index < -0.39 is 6.10 Å². The van der Waals surface area contributed by atoms with Gasteiger partial charge in [-0.25, -0.2) is 19.9 Å².